The first-order valence-corrected chi connectivity index (χ1v) is 8.86. The fourth-order valence-corrected chi connectivity index (χ4v) is 3.19. The number of hydrogen-bond donors (Lipinski definition) is 1. The maximum absolute atomic E-state index is 4.69. The van der Waals surface area contributed by atoms with Gasteiger partial charge >= 0.3 is 0 Å². The van der Waals surface area contributed by atoms with Crippen molar-refractivity contribution in [3.63, 3.8) is 0 Å². The fourth-order valence-electron chi connectivity index (χ4n) is 2.82. The molecule has 0 aromatic carbocycles. The van der Waals surface area contributed by atoms with Crippen molar-refractivity contribution in [2.45, 2.75) is 31.5 Å². The number of nitrogens with zero attached hydrogens (tertiary/aromatic N) is 4. The summed E-state index contributed by atoms with van der Waals surface area (Å²) in [4.78, 5) is 13.9. The van der Waals surface area contributed by atoms with Gasteiger partial charge in [0, 0.05) is 31.7 Å². The minimum atomic E-state index is 0.588. The van der Waals surface area contributed by atoms with E-state index in [4.69, 9.17) is 0 Å². The molecule has 0 aliphatic carbocycles. The summed E-state index contributed by atoms with van der Waals surface area (Å²) in [6.07, 6.45) is 3.12. The standard InChI is InChI=1S/C15H27N5S/c1-6-7-16-13-8-14(18-15(17-13)21-5)20-9-11(2)12(10-20)19(3)4/h8,11-12H,6-7,9-10H2,1-5H3,(H,16,17,18). The van der Waals surface area contributed by atoms with Crippen LogP contribution in [0.3, 0.4) is 0 Å². The summed E-state index contributed by atoms with van der Waals surface area (Å²) < 4.78 is 0. The molecule has 0 spiro atoms. The van der Waals surface area contributed by atoms with Crippen LogP contribution in [0.1, 0.15) is 20.3 Å². The molecule has 1 aliphatic rings. The Hall–Kier alpha value is -1.01. The van der Waals surface area contributed by atoms with Crippen LogP contribution in [0.15, 0.2) is 11.2 Å². The Balaban J connectivity index is 2.19. The van der Waals surface area contributed by atoms with Crippen molar-refractivity contribution >= 4 is 23.4 Å². The number of aromatic nitrogens is 2. The van der Waals surface area contributed by atoms with Gasteiger partial charge in [0.15, 0.2) is 5.16 Å². The van der Waals surface area contributed by atoms with Gasteiger partial charge < -0.3 is 15.1 Å². The highest BCUT2D eigenvalue weighted by atomic mass is 32.2. The topological polar surface area (TPSA) is 44.3 Å². The highest BCUT2D eigenvalue weighted by Gasteiger charge is 2.32. The van der Waals surface area contributed by atoms with Crippen molar-refractivity contribution in [3.8, 4) is 0 Å². The highest BCUT2D eigenvalue weighted by molar-refractivity contribution is 7.98. The van der Waals surface area contributed by atoms with E-state index < -0.39 is 0 Å². The van der Waals surface area contributed by atoms with Crippen LogP contribution in [0.25, 0.3) is 0 Å². The first kappa shape index (κ1) is 16.4. The summed E-state index contributed by atoms with van der Waals surface area (Å²) in [6, 6.07) is 2.67. The van der Waals surface area contributed by atoms with Crippen molar-refractivity contribution in [2.75, 3.05) is 50.2 Å². The van der Waals surface area contributed by atoms with E-state index in [9.17, 15) is 0 Å². The fraction of sp³-hybridized carbons (Fsp3) is 0.733. The molecule has 1 saturated heterocycles. The Morgan fingerprint density at radius 1 is 1.38 bits per heavy atom. The molecule has 2 rings (SSSR count). The Bertz CT molecular complexity index is 465. The molecule has 118 valence electrons. The quantitative estimate of drug-likeness (QED) is 0.643. The summed E-state index contributed by atoms with van der Waals surface area (Å²) in [6.45, 7) is 7.51. The average Bonchev–Trinajstić information content (AvgIpc) is 2.87. The predicted octanol–water partition coefficient (Wildman–Crippen LogP) is 2.41. The third kappa shape index (κ3) is 4.01. The Labute approximate surface area is 132 Å². The van der Waals surface area contributed by atoms with Crippen LogP contribution in [-0.2, 0) is 0 Å². The molecule has 0 saturated carbocycles. The molecule has 21 heavy (non-hydrogen) atoms. The summed E-state index contributed by atoms with van der Waals surface area (Å²) in [7, 11) is 4.32. The Morgan fingerprint density at radius 3 is 2.71 bits per heavy atom. The summed E-state index contributed by atoms with van der Waals surface area (Å²) in [5.41, 5.74) is 0. The van der Waals surface area contributed by atoms with Gasteiger partial charge in [-0.15, -0.1) is 0 Å². The number of rotatable bonds is 6. The number of nitrogens with one attached hydrogen (secondary N) is 1. The van der Waals surface area contributed by atoms with Gasteiger partial charge in [0.1, 0.15) is 11.6 Å². The van der Waals surface area contributed by atoms with E-state index in [-0.39, 0.29) is 0 Å². The van der Waals surface area contributed by atoms with Gasteiger partial charge in [0.05, 0.1) is 0 Å². The summed E-state index contributed by atoms with van der Waals surface area (Å²) in [5.74, 6) is 2.64. The predicted molar refractivity (Wildman–Crippen MR) is 91.4 cm³/mol. The monoisotopic (exact) mass is 309 g/mol. The molecular weight excluding hydrogens is 282 g/mol. The van der Waals surface area contributed by atoms with Crippen LogP contribution in [0, 0.1) is 5.92 Å². The van der Waals surface area contributed by atoms with Gasteiger partial charge in [-0.25, -0.2) is 9.97 Å². The van der Waals surface area contributed by atoms with Crippen LogP contribution >= 0.6 is 11.8 Å². The minimum Gasteiger partial charge on any atom is -0.370 e. The third-order valence-electron chi connectivity index (χ3n) is 3.99. The van der Waals surface area contributed by atoms with Crippen molar-refractivity contribution in [1.29, 1.82) is 0 Å². The number of anilines is 2. The zero-order chi connectivity index (χ0) is 15.4. The van der Waals surface area contributed by atoms with Crippen molar-refractivity contribution in [3.05, 3.63) is 6.07 Å². The molecule has 5 nitrogen and oxygen atoms in total. The van der Waals surface area contributed by atoms with E-state index in [1.54, 1.807) is 11.8 Å². The molecular formula is C15H27N5S. The molecule has 0 radical (unpaired) electrons. The number of thioether (sulfide) groups is 1. The second-order valence-electron chi connectivity index (χ2n) is 5.94. The number of hydrogen-bond acceptors (Lipinski definition) is 6. The van der Waals surface area contributed by atoms with E-state index in [1.807, 2.05) is 6.26 Å². The first-order valence-electron chi connectivity index (χ1n) is 7.63. The van der Waals surface area contributed by atoms with E-state index >= 15 is 0 Å². The third-order valence-corrected chi connectivity index (χ3v) is 4.54. The van der Waals surface area contributed by atoms with Crippen LogP contribution in [-0.4, -0.2) is 60.9 Å². The Morgan fingerprint density at radius 2 is 2.14 bits per heavy atom. The van der Waals surface area contributed by atoms with Gasteiger partial charge in [-0.2, -0.15) is 0 Å². The summed E-state index contributed by atoms with van der Waals surface area (Å²) in [5, 5.41) is 4.22. The van der Waals surface area contributed by atoms with Gasteiger partial charge in [-0.1, -0.05) is 25.6 Å². The lowest BCUT2D eigenvalue weighted by molar-refractivity contribution is 0.266. The van der Waals surface area contributed by atoms with E-state index in [0.717, 1.165) is 42.8 Å². The molecule has 0 amide bonds. The maximum atomic E-state index is 4.69. The molecule has 1 fully saturated rings. The molecule has 1 aromatic rings. The van der Waals surface area contributed by atoms with Gasteiger partial charge in [0.2, 0.25) is 0 Å². The lowest BCUT2D eigenvalue weighted by Gasteiger charge is -2.23. The van der Waals surface area contributed by atoms with E-state index in [1.165, 1.54) is 0 Å². The van der Waals surface area contributed by atoms with E-state index in [0.29, 0.717) is 12.0 Å². The first-order chi connectivity index (χ1) is 10.0. The smallest absolute Gasteiger partial charge is 0.191 e. The second kappa shape index (κ2) is 7.31. The molecule has 2 atom stereocenters. The summed E-state index contributed by atoms with van der Waals surface area (Å²) >= 11 is 1.60. The molecule has 6 heteroatoms. The minimum absolute atomic E-state index is 0.588. The molecule has 0 bridgehead atoms. The van der Waals surface area contributed by atoms with Crippen LogP contribution in [0.2, 0.25) is 0 Å². The molecule has 2 heterocycles. The highest BCUT2D eigenvalue weighted by Crippen LogP contribution is 2.27. The van der Waals surface area contributed by atoms with Gasteiger partial charge in [-0.05, 0) is 32.7 Å². The van der Waals surface area contributed by atoms with Crippen LogP contribution in [0.4, 0.5) is 11.6 Å². The molecule has 1 N–H and O–H groups in total. The normalized spacial score (nSPS) is 22.1. The Kier molecular flexibility index (Phi) is 5.70. The largest absolute Gasteiger partial charge is 0.370 e. The van der Waals surface area contributed by atoms with E-state index in [2.05, 4.69) is 59.1 Å². The SMILES string of the molecule is CCCNc1cc(N2CC(C)C(N(C)C)C2)nc(SC)n1. The lowest BCUT2D eigenvalue weighted by atomic mass is 10.1. The van der Waals surface area contributed by atoms with Gasteiger partial charge in [0.25, 0.3) is 0 Å². The number of likely N-dealkylation sites (N-methyl/N-ethyl adjacent to an activating group) is 1. The van der Waals surface area contributed by atoms with Crippen LogP contribution < -0.4 is 10.2 Å². The van der Waals surface area contributed by atoms with Crippen molar-refractivity contribution < 1.29 is 0 Å². The zero-order valence-electron chi connectivity index (χ0n) is 13.8. The van der Waals surface area contributed by atoms with Crippen molar-refractivity contribution in [2.24, 2.45) is 5.92 Å². The molecule has 2 unspecified atom stereocenters. The average molecular weight is 309 g/mol. The van der Waals surface area contributed by atoms with Crippen molar-refractivity contribution in [1.82, 2.24) is 14.9 Å². The molecule has 1 aromatic heterocycles. The zero-order valence-corrected chi connectivity index (χ0v) is 14.6. The van der Waals surface area contributed by atoms with Crippen LogP contribution in [0.5, 0.6) is 0 Å². The molecule has 1 aliphatic heterocycles. The second-order valence-corrected chi connectivity index (χ2v) is 6.71. The lowest BCUT2D eigenvalue weighted by Crippen LogP contribution is -2.34. The van der Waals surface area contributed by atoms with Gasteiger partial charge in [-0.3, -0.25) is 0 Å². The maximum Gasteiger partial charge on any atom is 0.191 e.